The molecule has 2 rings (SSSR count). The van der Waals surface area contributed by atoms with Crippen LogP contribution in [0.1, 0.15) is 45.6 Å². The minimum absolute atomic E-state index is 0.0392. The summed E-state index contributed by atoms with van der Waals surface area (Å²) in [5.74, 6) is -0.147. The molecule has 0 fully saturated rings. The average molecular weight is 405 g/mol. The number of sulfonamides is 1. The predicted molar refractivity (Wildman–Crippen MR) is 110 cm³/mol. The maximum absolute atomic E-state index is 12.8. The highest BCUT2D eigenvalue weighted by atomic mass is 32.2. The Morgan fingerprint density at radius 2 is 1.64 bits per heavy atom. The first kappa shape index (κ1) is 21.9. The van der Waals surface area contributed by atoms with Crippen molar-refractivity contribution >= 4 is 15.9 Å². The summed E-state index contributed by atoms with van der Waals surface area (Å²) in [6.07, 6.45) is 0. The largest absolute Gasteiger partial charge is 0.495 e. The van der Waals surface area contributed by atoms with Crippen molar-refractivity contribution in [2.24, 2.45) is 0 Å². The molecule has 1 amide bonds. The molecule has 0 saturated carbocycles. The molecule has 0 aliphatic heterocycles. The number of methoxy groups -OCH3 is 1. The molecular weight excluding hydrogens is 376 g/mol. The Morgan fingerprint density at radius 3 is 2.21 bits per heavy atom. The van der Waals surface area contributed by atoms with Crippen molar-refractivity contribution in [1.82, 2.24) is 9.62 Å². The lowest BCUT2D eigenvalue weighted by molar-refractivity contribution is 0.0939. The second kappa shape index (κ2) is 8.32. The molecular formula is C21H28N2O4S. The van der Waals surface area contributed by atoms with Crippen LogP contribution in [0.3, 0.4) is 0 Å². The van der Waals surface area contributed by atoms with Crippen LogP contribution in [-0.4, -0.2) is 39.8 Å². The van der Waals surface area contributed by atoms with Gasteiger partial charge in [0, 0.05) is 19.7 Å². The number of amides is 1. The standard InChI is InChI=1S/C21H28N2O4S/c1-13-10-15(3)18(11-14(13)2)16(4)22-21(24)17-8-9-19(27-7)20(12-17)28(25,26)23(5)6/h8-12,16H,1-7H3,(H,22,24)/t16-/m0/s1. The van der Waals surface area contributed by atoms with E-state index >= 15 is 0 Å². The van der Waals surface area contributed by atoms with Crippen LogP contribution in [0.4, 0.5) is 0 Å². The average Bonchev–Trinajstić information content (AvgIpc) is 2.63. The second-order valence-corrected chi connectivity index (χ2v) is 9.26. The molecule has 0 saturated heterocycles. The summed E-state index contributed by atoms with van der Waals surface area (Å²) in [6, 6.07) is 8.36. The van der Waals surface area contributed by atoms with E-state index in [1.807, 2.05) is 20.8 Å². The number of rotatable bonds is 6. The third kappa shape index (κ3) is 4.36. The molecule has 152 valence electrons. The molecule has 0 bridgehead atoms. The Hall–Kier alpha value is -2.38. The molecule has 1 N–H and O–H groups in total. The first-order valence-corrected chi connectivity index (χ1v) is 10.4. The van der Waals surface area contributed by atoms with Crippen LogP contribution < -0.4 is 10.1 Å². The van der Waals surface area contributed by atoms with E-state index in [0.29, 0.717) is 0 Å². The van der Waals surface area contributed by atoms with Gasteiger partial charge in [-0.05, 0) is 68.1 Å². The topological polar surface area (TPSA) is 75.7 Å². The Bertz CT molecular complexity index is 998. The van der Waals surface area contributed by atoms with Crippen LogP contribution in [0.5, 0.6) is 5.75 Å². The van der Waals surface area contributed by atoms with E-state index in [4.69, 9.17) is 4.74 Å². The molecule has 7 heteroatoms. The third-order valence-electron chi connectivity index (χ3n) is 4.88. The van der Waals surface area contributed by atoms with Crippen LogP contribution in [0.25, 0.3) is 0 Å². The first-order valence-electron chi connectivity index (χ1n) is 8.98. The van der Waals surface area contributed by atoms with E-state index in [0.717, 1.165) is 21.0 Å². The third-order valence-corrected chi connectivity index (χ3v) is 6.72. The summed E-state index contributed by atoms with van der Waals surface area (Å²) >= 11 is 0. The van der Waals surface area contributed by atoms with Crippen LogP contribution in [0, 0.1) is 20.8 Å². The van der Waals surface area contributed by atoms with E-state index in [1.165, 1.54) is 38.9 Å². The predicted octanol–water partition coefficient (Wildman–Crippen LogP) is 3.36. The normalized spacial score (nSPS) is 12.7. The van der Waals surface area contributed by atoms with Crippen LogP contribution in [0.15, 0.2) is 35.2 Å². The molecule has 2 aromatic rings. The van der Waals surface area contributed by atoms with Gasteiger partial charge in [0.25, 0.3) is 5.91 Å². The fourth-order valence-corrected chi connectivity index (χ4v) is 4.10. The Kier molecular flexibility index (Phi) is 6.52. The number of carbonyl (C=O) groups excluding carboxylic acids is 1. The van der Waals surface area contributed by atoms with Crippen molar-refractivity contribution in [2.45, 2.75) is 38.6 Å². The van der Waals surface area contributed by atoms with Gasteiger partial charge in [0.2, 0.25) is 10.0 Å². The molecule has 0 radical (unpaired) electrons. The summed E-state index contributed by atoms with van der Waals surface area (Å²) in [6.45, 7) is 8.02. The molecule has 2 aromatic carbocycles. The highest BCUT2D eigenvalue weighted by molar-refractivity contribution is 7.89. The molecule has 6 nitrogen and oxygen atoms in total. The summed E-state index contributed by atoms with van der Waals surface area (Å²) in [5.41, 5.74) is 4.75. The van der Waals surface area contributed by atoms with Gasteiger partial charge < -0.3 is 10.1 Å². The van der Waals surface area contributed by atoms with Gasteiger partial charge in [-0.3, -0.25) is 4.79 Å². The monoisotopic (exact) mass is 404 g/mol. The summed E-state index contributed by atoms with van der Waals surface area (Å²) < 4.78 is 31.4. The number of hydrogen-bond donors (Lipinski definition) is 1. The highest BCUT2D eigenvalue weighted by Gasteiger charge is 2.24. The van der Waals surface area contributed by atoms with Crippen molar-refractivity contribution in [3.05, 3.63) is 58.1 Å². The summed E-state index contributed by atoms with van der Waals surface area (Å²) in [5, 5.41) is 2.96. The van der Waals surface area contributed by atoms with Gasteiger partial charge in [0.1, 0.15) is 10.6 Å². The highest BCUT2D eigenvalue weighted by Crippen LogP contribution is 2.27. The Balaban J connectivity index is 2.36. The van der Waals surface area contributed by atoms with Crippen LogP contribution >= 0.6 is 0 Å². The first-order chi connectivity index (χ1) is 13.0. The zero-order valence-electron chi connectivity index (χ0n) is 17.5. The van der Waals surface area contributed by atoms with Crippen molar-refractivity contribution < 1.29 is 17.9 Å². The SMILES string of the molecule is COc1ccc(C(=O)N[C@@H](C)c2cc(C)c(C)cc2C)cc1S(=O)(=O)N(C)C. The maximum atomic E-state index is 12.8. The van der Waals surface area contributed by atoms with E-state index < -0.39 is 10.0 Å². The van der Waals surface area contributed by atoms with Gasteiger partial charge in [0.05, 0.1) is 13.2 Å². The van der Waals surface area contributed by atoms with Gasteiger partial charge >= 0.3 is 0 Å². The van der Waals surface area contributed by atoms with Gasteiger partial charge in [0.15, 0.2) is 0 Å². The molecule has 0 aliphatic rings. The molecule has 0 unspecified atom stereocenters. The summed E-state index contributed by atoms with van der Waals surface area (Å²) in [7, 11) is 0.525. The zero-order chi connectivity index (χ0) is 21.2. The quantitative estimate of drug-likeness (QED) is 0.801. The Labute approximate surface area is 167 Å². The molecule has 0 aliphatic carbocycles. The second-order valence-electron chi connectivity index (χ2n) is 7.14. The van der Waals surface area contributed by atoms with E-state index in [1.54, 1.807) is 6.07 Å². The maximum Gasteiger partial charge on any atom is 0.251 e. The van der Waals surface area contributed by atoms with Gasteiger partial charge in [-0.1, -0.05) is 12.1 Å². The van der Waals surface area contributed by atoms with Gasteiger partial charge in [-0.15, -0.1) is 0 Å². The minimum Gasteiger partial charge on any atom is -0.495 e. The van der Waals surface area contributed by atoms with Gasteiger partial charge in [-0.25, -0.2) is 12.7 Å². The van der Waals surface area contributed by atoms with Crippen molar-refractivity contribution in [1.29, 1.82) is 0 Å². The van der Waals surface area contributed by atoms with Crippen LogP contribution in [-0.2, 0) is 10.0 Å². The minimum atomic E-state index is -3.75. The lowest BCUT2D eigenvalue weighted by Gasteiger charge is -2.19. The van der Waals surface area contributed by atoms with Crippen molar-refractivity contribution in [2.75, 3.05) is 21.2 Å². The van der Waals surface area contributed by atoms with E-state index in [2.05, 4.69) is 24.4 Å². The number of aryl methyl sites for hydroxylation is 3. The molecule has 0 aromatic heterocycles. The zero-order valence-corrected chi connectivity index (χ0v) is 18.3. The smallest absolute Gasteiger partial charge is 0.251 e. The van der Waals surface area contributed by atoms with E-state index in [-0.39, 0.29) is 28.2 Å². The number of carbonyl (C=O) groups is 1. The molecule has 1 atom stereocenters. The van der Waals surface area contributed by atoms with Crippen molar-refractivity contribution in [3.8, 4) is 5.75 Å². The number of benzene rings is 2. The molecule has 0 spiro atoms. The number of nitrogens with one attached hydrogen (secondary N) is 1. The van der Waals surface area contributed by atoms with Crippen molar-refractivity contribution in [3.63, 3.8) is 0 Å². The lowest BCUT2D eigenvalue weighted by Crippen LogP contribution is -2.28. The Morgan fingerprint density at radius 1 is 1.04 bits per heavy atom. The number of hydrogen-bond acceptors (Lipinski definition) is 4. The molecule has 0 heterocycles. The van der Waals surface area contributed by atoms with E-state index in [9.17, 15) is 13.2 Å². The number of nitrogens with zero attached hydrogens (tertiary/aromatic N) is 1. The number of ether oxygens (including phenoxy) is 1. The fraction of sp³-hybridized carbons (Fsp3) is 0.381. The van der Waals surface area contributed by atoms with Crippen LogP contribution in [0.2, 0.25) is 0 Å². The fourth-order valence-electron chi connectivity index (χ4n) is 3.02. The lowest BCUT2D eigenvalue weighted by atomic mass is 9.96. The summed E-state index contributed by atoms with van der Waals surface area (Å²) in [4.78, 5) is 12.7. The molecule has 28 heavy (non-hydrogen) atoms. The van der Waals surface area contributed by atoms with Gasteiger partial charge in [-0.2, -0.15) is 0 Å².